The van der Waals surface area contributed by atoms with Crippen molar-refractivity contribution in [3.8, 4) is 0 Å². The van der Waals surface area contributed by atoms with E-state index in [1.165, 1.54) is 25.7 Å². The van der Waals surface area contributed by atoms with Gasteiger partial charge in [0, 0.05) is 45.2 Å². The summed E-state index contributed by atoms with van der Waals surface area (Å²) in [5, 5.41) is 2.88. The second-order valence-electron chi connectivity index (χ2n) is 5.40. The maximum atomic E-state index is 12.1. The minimum atomic E-state index is -0.109. The summed E-state index contributed by atoms with van der Waals surface area (Å²) in [5.74, 6) is -0.109. The smallest absolute Gasteiger partial charge is 0.269 e. The molecule has 0 radical (unpaired) electrons. The normalized spacial score (nSPS) is 15.6. The van der Waals surface area contributed by atoms with Gasteiger partial charge in [-0.3, -0.25) is 9.78 Å². The summed E-state index contributed by atoms with van der Waals surface area (Å²) in [4.78, 5) is 18.6. The first-order valence-corrected chi connectivity index (χ1v) is 7.79. The summed E-state index contributed by atoms with van der Waals surface area (Å²) in [6.07, 6.45) is 7.59. The van der Waals surface area contributed by atoms with Crippen LogP contribution in [0, 0.1) is 0 Å². The lowest BCUT2D eigenvalue weighted by Crippen LogP contribution is -2.27. The number of nitrogens with zero attached hydrogens (tertiary/aromatic N) is 2. The number of ether oxygens (including phenoxy) is 1. The lowest BCUT2D eigenvalue weighted by molar-refractivity contribution is 0.0943. The van der Waals surface area contributed by atoms with Crippen LogP contribution in [-0.2, 0) is 4.74 Å². The van der Waals surface area contributed by atoms with E-state index < -0.39 is 0 Å². The molecule has 0 unspecified atom stereocenters. The predicted molar refractivity (Wildman–Crippen MR) is 83.7 cm³/mol. The van der Waals surface area contributed by atoms with Crippen LogP contribution < -0.4 is 10.2 Å². The standard InChI is InChI=1S/C16H25N3O2/c1-21-12-6-8-18-16(20)15-13-14(7-9-17-15)19-10-4-2-3-5-11-19/h7,9,13H,2-6,8,10-12H2,1H3,(H,18,20). The molecule has 21 heavy (non-hydrogen) atoms. The largest absolute Gasteiger partial charge is 0.385 e. The van der Waals surface area contributed by atoms with Crippen molar-refractivity contribution >= 4 is 11.6 Å². The van der Waals surface area contributed by atoms with E-state index in [2.05, 4.69) is 15.2 Å². The van der Waals surface area contributed by atoms with Gasteiger partial charge in [-0.05, 0) is 31.4 Å². The van der Waals surface area contributed by atoms with Crippen LogP contribution in [0.2, 0.25) is 0 Å². The van der Waals surface area contributed by atoms with Crippen molar-refractivity contribution < 1.29 is 9.53 Å². The lowest BCUT2D eigenvalue weighted by Gasteiger charge is -2.22. The SMILES string of the molecule is COCCCNC(=O)c1cc(N2CCCCCC2)ccn1. The minimum Gasteiger partial charge on any atom is -0.385 e. The Labute approximate surface area is 126 Å². The molecule has 5 nitrogen and oxygen atoms in total. The highest BCUT2D eigenvalue weighted by Crippen LogP contribution is 2.19. The maximum Gasteiger partial charge on any atom is 0.269 e. The van der Waals surface area contributed by atoms with Gasteiger partial charge in [-0.25, -0.2) is 0 Å². The molecule has 2 rings (SSSR count). The summed E-state index contributed by atoms with van der Waals surface area (Å²) in [6, 6.07) is 3.89. The Kier molecular flexibility index (Phi) is 6.47. The first kappa shape index (κ1) is 15.8. The van der Waals surface area contributed by atoms with E-state index >= 15 is 0 Å². The van der Waals surface area contributed by atoms with Crippen molar-refractivity contribution in [2.45, 2.75) is 32.1 Å². The van der Waals surface area contributed by atoms with Gasteiger partial charge in [0.25, 0.3) is 5.91 Å². The van der Waals surface area contributed by atoms with E-state index in [0.717, 1.165) is 25.2 Å². The number of carbonyl (C=O) groups excluding carboxylic acids is 1. The number of nitrogens with one attached hydrogen (secondary N) is 1. The molecule has 1 aliphatic rings. The molecule has 1 fully saturated rings. The van der Waals surface area contributed by atoms with Crippen molar-refractivity contribution in [2.24, 2.45) is 0 Å². The number of methoxy groups -OCH3 is 1. The van der Waals surface area contributed by atoms with E-state index in [4.69, 9.17) is 4.74 Å². The maximum absolute atomic E-state index is 12.1. The van der Waals surface area contributed by atoms with Gasteiger partial charge in [-0.15, -0.1) is 0 Å². The monoisotopic (exact) mass is 291 g/mol. The molecule has 1 saturated heterocycles. The van der Waals surface area contributed by atoms with Gasteiger partial charge in [0.15, 0.2) is 0 Å². The molecular weight excluding hydrogens is 266 g/mol. The highest BCUT2D eigenvalue weighted by atomic mass is 16.5. The molecule has 1 aromatic rings. The average Bonchev–Trinajstić information content (AvgIpc) is 2.81. The van der Waals surface area contributed by atoms with Gasteiger partial charge in [0.2, 0.25) is 0 Å². The van der Waals surface area contributed by atoms with Crippen LogP contribution in [0.4, 0.5) is 5.69 Å². The Balaban J connectivity index is 1.94. The number of hydrogen-bond donors (Lipinski definition) is 1. The zero-order valence-corrected chi connectivity index (χ0v) is 12.8. The van der Waals surface area contributed by atoms with Crippen LogP contribution in [0.1, 0.15) is 42.6 Å². The van der Waals surface area contributed by atoms with E-state index in [0.29, 0.717) is 18.8 Å². The Morgan fingerprint density at radius 3 is 2.81 bits per heavy atom. The molecule has 0 aromatic carbocycles. The number of pyridine rings is 1. The first-order chi connectivity index (χ1) is 10.3. The van der Waals surface area contributed by atoms with Crippen LogP contribution >= 0.6 is 0 Å². The molecule has 0 atom stereocenters. The van der Waals surface area contributed by atoms with Gasteiger partial charge in [0.1, 0.15) is 5.69 Å². The topological polar surface area (TPSA) is 54.5 Å². The van der Waals surface area contributed by atoms with E-state index in [1.807, 2.05) is 12.1 Å². The van der Waals surface area contributed by atoms with Crippen LogP contribution in [0.5, 0.6) is 0 Å². The molecule has 0 aliphatic carbocycles. The summed E-state index contributed by atoms with van der Waals surface area (Å²) in [7, 11) is 1.66. The average molecular weight is 291 g/mol. The van der Waals surface area contributed by atoms with Crippen molar-refractivity contribution in [2.75, 3.05) is 38.3 Å². The molecule has 0 saturated carbocycles. The fourth-order valence-electron chi connectivity index (χ4n) is 2.58. The number of rotatable bonds is 6. The summed E-state index contributed by atoms with van der Waals surface area (Å²) >= 11 is 0. The van der Waals surface area contributed by atoms with Crippen molar-refractivity contribution in [1.82, 2.24) is 10.3 Å². The first-order valence-electron chi connectivity index (χ1n) is 7.79. The van der Waals surface area contributed by atoms with Gasteiger partial charge >= 0.3 is 0 Å². The highest BCUT2D eigenvalue weighted by Gasteiger charge is 2.13. The molecule has 0 spiro atoms. The second-order valence-corrected chi connectivity index (χ2v) is 5.40. The van der Waals surface area contributed by atoms with Gasteiger partial charge in [-0.1, -0.05) is 12.8 Å². The zero-order valence-electron chi connectivity index (χ0n) is 12.8. The molecule has 2 heterocycles. The summed E-state index contributed by atoms with van der Waals surface area (Å²) in [5.41, 5.74) is 1.60. The second kappa shape index (κ2) is 8.62. The summed E-state index contributed by atoms with van der Waals surface area (Å²) < 4.78 is 4.97. The third-order valence-electron chi connectivity index (χ3n) is 3.76. The van der Waals surface area contributed by atoms with Gasteiger partial charge in [-0.2, -0.15) is 0 Å². The molecule has 1 aromatic heterocycles. The third kappa shape index (κ3) is 5.01. The van der Waals surface area contributed by atoms with Crippen LogP contribution in [-0.4, -0.2) is 44.2 Å². The van der Waals surface area contributed by atoms with E-state index in [9.17, 15) is 4.79 Å². The number of aromatic nitrogens is 1. The minimum absolute atomic E-state index is 0.109. The fourth-order valence-corrected chi connectivity index (χ4v) is 2.58. The third-order valence-corrected chi connectivity index (χ3v) is 3.76. The van der Waals surface area contributed by atoms with Crippen LogP contribution in [0.15, 0.2) is 18.3 Å². The lowest BCUT2D eigenvalue weighted by atomic mass is 10.2. The Morgan fingerprint density at radius 1 is 1.33 bits per heavy atom. The van der Waals surface area contributed by atoms with Crippen LogP contribution in [0.3, 0.4) is 0 Å². The molecule has 5 heteroatoms. The van der Waals surface area contributed by atoms with Gasteiger partial charge in [0.05, 0.1) is 0 Å². The van der Waals surface area contributed by atoms with Gasteiger partial charge < -0.3 is 15.0 Å². The van der Waals surface area contributed by atoms with E-state index in [-0.39, 0.29) is 5.91 Å². The number of anilines is 1. The Morgan fingerprint density at radius 2 is 2.10 bits per heavy atom. The number of amides is 1. The number of hydrogen-bond acceptors (Lipinski definition) is 4. The molecule has 1 aliphatic heterocycles. The Bertz CT molecular complexity index is 443. The highest BCUT2D eigenvalue weighted by molar-refractivity contribution is 5.93. The van der Waals surface area contributed by atoms with Crippen LogP contribution in [0.25, 0.3) is 0 Å². The fraction of sp³-hybridized carbons (Fsp3) is 0.625. The molecule has 116 valence electrons. The van der Waals surface area contributed by atoms with E-state index in [1.54, 1.807) is 13.3 Å². The molecule has 0 bridgehead atoms. The van der Waals surface area contributed by atoms with Crippen molar-refractivity contribution in [1.29, 1.82) is 0 Å². The number of carbonyl (C=O) groups is 1. The zero-order chi connectivity index (χ0) is 14.9. The van der Waals surface area contributed by atoms with Crippen molar-refractivity contribution in [3.05, 3.63) is 24.0 Å². The summed E-state index contributed by atoms with van der Waals surface area (Å²) in [6.45, 7) is 3.40. The molecule has 1 N–H and O–H groups in total. The predicted octanol–water partition coefficient (Wildman–Crippen LogP) is 2.23. The molecule has 1 amide bonds. The quantitative estimate of drug-likeness (QED) is 0.817. The van der Waals surface area contributed by atoms with Crippen molar-refractivity contribution in [3.63, 3.8) is 0 Å². The molecular formula is C16H25N3O2. The Hall–Kier alpha value is -1.62.